The predicted octanol–water partition coefficient (Wildman–Crippen LogP) is 0.986. The molecule has 0 aromatic heterocycles. The molecular formula is C16H33NaO4S. The predicted molar refractivity (Wildman–Crippen MR) is 86.2 cm³/mol. The molecule has 2 atom stereocenters. The van der Waals surface area contributed by atoms with Crippen molar-refractivity contribution in [1.29, 1.82) is 0 Å². The van der Waals surface area contributed by atoms with E-state index in [0.29, 0.717) is 25.7 Å². The Morgan fingerprint density at radius 3 is 1.77 bits per heavy atom. The Morgan fingerprint density at radius 1 is 0.818 bits per heavy atom. The fourth-order valence-electron chi connectivity index (χ4n) is 2.57. The molecule has 0 aromatic carbocycles. The molecule has 0 bridgehead atoms. The second-order valence-corrected chi connectivity index (χ2v) is 7.70. The number of aliphatic hydroxyl groups is 1. The molecule has 0 rings (SSSR count). The van der Waals surface area contributed by atoms with Crippen molar-refractivity contribution in [2.24, 2.45) is 0 Å². The third-order valence-electron chi connectivity index (χ3n) is 3.99. The summed E-state index contributed by atoms with van der Waals surface area (Å²) in [5.74, 6) is 0. The van der Waals surface area contributed by atoms with Gasteiger partial charge in [0.2, 0.25) is 0 Å². The van der Waals surface area contributed by atoms with E-state index in [2.05, 4.69) is 13.8 Å². The molecule has 2 unspecified atom stereocenters. The number of aliphatic hydroxyl groups excluding tert-OH is 1. The van der Waals surface area contributed by atoms with Crippen LogP contribution in [0.4, 0.5) is 0 Å². The Labute approximate surface area is 159 Å². The van der Waals surface area contributed by atoms with Crippen LogP contribution < -0.4 is 29.6 Å². The van der Waals surface area contributed by atoms with Crippen molar-refractivity contribution in [1.82, 2.24) is 0 Å². The van der Waals surface area contributed by atoms with Crippen molar-refractivity contribution >= 4 is 10.1 Å². The van der Waals surface area contributed by atoms with Crippen LogP contribution in [0.5, 0.6) is 0 Å². The number of hydrogen-bond donors (Lipinski definition) is 1. The number of rotatable bonds is 14. The fourth-order valence-corrected chi connectivity index (χ4v) is 3.48. The minimum atomic E-state index is -4.18. The maximum absolute atomic E-state index is 11.3. The van der Waals surface area contributed by atoms with Crippen molar-refractivity contribution in [3.63, 3.8) is 0 Å². The van der Waals surface area contributed by atoms with Crippen molar-refractivity contribution in [2.45, 2.75) is 102 Å². The second-order valence-electron chi connectivity index (χ2n) is 6.04. The van der Waals surface area contributed by atoms with Crippen LogP contribution in [-0.4, -0.2) is 29.4 Å². The van der Waals surface area contributed by atoms with Crippen LogP contribution in [0.1, 0.15) is 90.9 Å². The van der Waals surface area contributed by atoms with Gasteiger partial charge >= 0.3 is 29.6 Å². The summed E-state index contributed by atoms with van der Waals surface area (Å²) in [4.78, 5) is 0. The van der Waals surface area contributed by atoms with Crippen LogP contribution in [0.3, 0.4) is 0 Å². The summed E-state index contributed by atoms with van der Waals surface area (Å²) in [7, 11) is -4.18. The Balaban J connectivity index is 0. The van der Waals surface area contributed by atoms with Gasteiger partial charge in [-0.25, -0.2) is 8.42 Å². The molecule has 0 aliphatic heterocycles. The maximum atomic E-state index is 11.3. The van der Waals surface area contributed by atoms with Gasteiger partial charge in [-0.1, -0.05) is 65.2 Å². The van der Waals surface area contributed by atoms with Gasteiger partial charge in [-0.2, -0.15) is 0 Å². The molecule has 4 nitrogen and oxygen atoms in total. The number of unbranched alkanes of at least 4 members (excludes halogenated alkanes) is 5. The van der Waals surface area contributed by atoms with Crippen molar-refractivity contribution in [3.05, 3.63) is 0 Å². The molecule has 0 aliphatic carbocycles. The summed E-state index contributed by atoms with van der Waals surface area (Å²) in [5, 5.41) is 8.99. The van der Waals surface area contributed by atoms with Gasteiger partial charge in [-0.05, 0) is 25.7 Å². The smallest absolute Gasteiger partial charge is 0.748 e. The van der Waals surface area contributed by atoms with Crippen LogP contribution >= 0.6 is 0 Å². The molecular weight excluding hydrogens is 311 g/mol. The first kappa shape index (κ1) is 25.1. The van der Waals surface area contributed by atoms with E-state index in [1.165, 1.54) is 0 Å². The van der Waals surface area contributed by atoms with E-state index >= 15 is 0 Å². The average Bonchev–Trinajstić information content (AvgIpc) is 2.41. The van der Waals surface area contributed by atoms with E-state index in [0.717, 1.165) is 51.4 Å². The first-order valence-corrected chi connectivity index (χ1v) is 10.0. The first-order chi connectivity index (χ1) is 9.91. The van der Waals surface area contributed by atoms with Gasteiger partial charge in [0, 0.05) is 5.25 Å². The zero-order valence-corrected chi connectivity index (χ0v) is 17.5. The molecule has 22 heavy (non-hydrogen) atoms. The standard InChI is InChI=1S/C16H34O4S.Na/c1-3-5-7-8-13-16(21(18,19)20)14-10-9-12-15(17)11-6-4-2;/h15-17H,3-14H2,1-2H3,(H,18,19,20);/q;+1/p-1. The molecule has 0 saturated carbocycles. The summed E-state index contributed by atoms with van der Waals surface area (Å²) in [5.41, 5.74) is 0. The zero-order chi connectivity index (χ0) is 16.1. The Kier molecular flexibility index (Phi) is 17.6. The van der Waals surface area contributed by atoms with Gasteiger partial charge in [0.1, 0.15) is 0 Å². The van der Waals surface area contributed by atoms with E-state index in [1.807, 2.05) is 0 Å². The van der Waals surface area contributed by atoms with E-state index in [9.17, 15) is 18.1 Å². The molecule has 0 spiro atoms. The van der Waals surface area contributed by atoms with Crippen molar-refractivity contribution < 1.29 is 47.6 Å². The van der Waals surface area contributed by atoms with Gasteiger partial charge in [-0.3, -0.25) is 0 Å². The summed E-state index contributed by atoms with van der Waals surface area (Å²) in [6.07, 6.45) is 9.80. The minimum Gasteiger partial charge on any atom is -0.748 e. The summed E-state index contributed by atoms with van der Waals surface area (Å²) in [6.45, 7) is 4.20. The Bertz CT molecular complexity index is 333. The van der Waals surface area contributed by atoms with Crippen LogP contribution in [0.15, 0.2) is 0 Å². The van der Waals surface area contributed by atoms with Gasteiger partial charge in [0.15, 0.2) is 0 Å². The van der Waals surface area contributed by atoms with Gasteiger partial charge in [0.05, 0.1) is 16.2 Å². The summed E-state index contributed by atoms with van der Waals surface area (Å²) >= 11 is 0. The summed E-state index contributed by atoms with van der Waals surface area (Å²) in [6, 6.07) is 0. The van der Waals surface area contributed by atoms with E-state index in [-0.39, 0.29) is 35.7 Å². The first-order valence-electron chi connectivity index (χ1n) is 8.54. The second kappa shape index (κ2) is 15.4. The summed E-state index contributed by atoms with van der Waals surface area (Å²) < 4.78 is 33.8. The van der Waals surface area contributed by atoms with Crippen LogP contribution in [0, 0.1) is 0 Å². The van der Waals surface area contributed by atoms with Crippen molar-refractivity contribution in [2.75, 3.05) is 0 Å². The van der Waals surface area contributed by atoms with Crippen LogP contribution in [0.25, 0.3) is 0 Å². The molecule has 0 fully saturated rings. The van der Waals surface area contributed by atoms with E-state index < -0.39 is 15.4 Å². The molecule has 0 saturated heterocycles. The van der Waals surface area contributed by atoms with Gasteiger partial charge in [-0.15, -0.1) is 0 Å². The largest absolute Gasteiger partial charge is 1.00 e. The zero-order valence-electron chi connectivity index (χ0n) is 14.7. The molecule has 0 aliphatic rings. The minimum absolute atomic E-state index is 0. The van der Waals surface area contributed by atoms with Gasteiger partial charge < -0.3 is 9.66 Å². The van der Waals surface area contributed by atoms with Crippen LogP contribution in [0.2, 0.25) is 0 Å². The third kappa shape index (κ3) is 14.5. The van der Waals surface area contributed by atoms with Crippen LogP contribution in [-0.2, 0) is 10.1 Å². The van der Waals surface area contributed by atoms with Gasteiger partial charge in [0.25, 0.3) is 0 Å². The Hall–Kier alpha value is 0.870. The quantitative estimate of drug-likeness (QED) is 0.290. The SMILES string of the molecule is CCCCCCC(CCCCC(O)CCCC)S(=O)(=O)[O-].[Na+]. The fraction of sp³-hybridized carbons (Fsp3) is 1.00. The maximum Gasteiger partial charge on any atom is 1.00 e. The molecule has 0 radical (unpaired) electrons. The Morgan fingerprint density at radius 2 is 1.27 bits per heavy atom. The van der Waals surface area contributed by atoms with E-state index in [4.69, 9.17) is 0 Å². The molecule has 128 valence electrons. The molecule has 0 amide bonds. The topological polar surface area (TPSA) is 77.4 Å². The normalized spacial score (nSPS) is 14.4. The number of hydrogen-bond acceptors (Lipinski definition) is 4. The molecule has 1 N–H and O–H groups in total. The third-order valence-corrected chi connectivity index (χ3v) is 5.28. The van der Waals surface area contributed by atoms with E-state index in [1.54, 1.807) is 0 Å². The molecule has 6 heteroatoms. The molecule has 0 heterocycles. The monoisotopic (exact) mass is 344 g/mol. The van der Waals surface area contributed by atoms with Crippen molar-refractivity contribution in [3.8, 4) is 0 Å². The average molecular weight is 344 g/mol. The molecule has 0 aromatic rings.